The normalized spacial score (nSPS) is 13.0. The van der Waals surface area contributed by atoms with Crippen LogP contribution < -0.4 is 4.74 Å². The minimum absolute atomic E-state index is 0.0784. The van der Waals surface area contributed by atoms with Crippen molar-refractivity contribution in [1.82, 2.24) is 0 Å². The molecular formula is C33H41NO8. The number of nitrogens with zero attached hydrogens (tertiary/aromatic N) is 1. The minimum atomic E-state index is -0.853. The SMILES string of the molecule is CC(C)OC(=O)C(C)C(CC(C)C(=O)OCCCCC(=O)Oc1ccc(-c2ccc(C#N)cc2)cc1)C(=O)OC(C)C. The third kappa shape index (κ3) is 11.4. The van der Waals surface area contributed by atoms with Crippen molar-refractivity contribution in [2.24, 2.45) is 17.8 Å². The molecule has 0 spiro atoms. The molecule has 3 atom stereocenters. The Kier molecular flexibility index (Phi) is 13.7. The van der Waals surface area contributed by atoms with Crippen LogP contribution in [0.2, 0.25) is 0 Å². The number of carbonyl (C=O) groups excluding carboxylic acids is 4. The molecule has 0 amide bonds. The molecule has 2 aromatic rings. The first-order valence-corrected chi connectivity index (χ1v) is 14.3. The second-order valence-corrected chi connectivity index (χ2v) is 10.8. The third-order valence-electron chi connectivity index (χ3n) is 6.44. The largest absolute Gasteiger partial charge is 0.465 e. The van der Waals surface area contributed by atoms with E-state index in [1.54, 1.807) is 65.8 Å². The van der Waals surface area contributed by atoms with Crippen molar-refractivity contribution in [1.29, 1.82) is 5.26 Å². The summed E-state index contributed by atoms with van der Waals surface area (Å²) in [6.07, 6.45) is 0.460. The summed E-state index contributed by atoms with van der Waals surface area (Å²) >= 11 is 0. The van der Waals surface area contributed by atoms with Crippen molar-refractivity contribution in [2.75, 3.05) is 6.61 Å². The molecule has 0 fully saturated rings. The maximum absolute atomic E-state index is 12.7. The molecule has 0 aromatic heterocycles. The Morgan fingerprint density at radius 3 is 1.83 bits per heavy atom. The van der Waals surface area contributed by atoms with Gasteiger partial charge in [0, 0.05) is 6.42 Å². The molecule has 0 saturated carbocycles. The van der Waals surface area contributed by atoms with Crippen LogP contribution in [-0.4, -0.2) is 42.7 Å². The molecule has 226 valence electrons. The molecule has 0 bridgehead atoms. The van der Waals surface area contributed by atoms with E-state index in [0.717, 1.165) is 11.1 Å². The summed E-state index contributed by atoms with van der Waals surface area (Å²) in [5, 5.41) is 8.93. The van der Waals surface area contributed by atoms with E-state index in [1.165, 1.54) is 0 Å². The lowest BCUT2D eigenvalue weighted by molar-refractivity contribution is -0.166. The highest BCUT2D eigenvalue weighted by Crippen LogP contribution is 2.26. The second kappa shape index (κ2) is 16.9. The van der Waals surface area contributed by atoms with E-state index in [9.17, 15) is 19.2 Å². The molecule has 2 aromatic carbocycles. The maximum atomic E-state index is 12.7. The fourth-order valence-electron chi connectivity index (χ4n) is 4.13. The number of ether oxygens (including phenoxy) is 4. The standard InChI is InChI=1S/C33H41NO8/c1-21(2)40-32(37)24(6)29(33(38)41-22(3)4)19-23(5)31(36)39-18-8-7-9-30(35)42-28-16-14-27(15-17-28)26-12-10-25(20-34)11-13-26/h10-17,21-24,29H,7-9,18-19H2,1-6H3. The summed E-state index contributed by atoms with van der Waals surface area (Å²) in [7, 11) is 0. The lowest BCUT2D eigenvalue weighted by atomic mass is 9.85. The topological polar surface area (TPSA) is 129 Å². The number of hydrogen-bond donors (Lipinski definition) is 0. The van der Waals surface area contributed by atoms with Gasteiger partial charge in [0.2, 0.25) is 0 Å². The Morgan fingerprint density at radius 2 is 1.29 bits per heavy atom. The number of esters is 4. The van der Waals surface area contributed by atoms with Gasteiger partial charge in [-0.3, -0.25) is 19.2 Å². The van der Waals surface area contributed by atoms with Gasteiger partial charge in [0.1, 0.15) is 5.75 Å². The Morgan fingerprint density at radius 1 is 0.738 bits per heavy atom. The monoisotopic (exact) mass is 579 g/mol. The number of unbranched alkanes of at least 4 members (excludes halogenated alkanes) is 1. The third-order valence-corrected chi connectivity index (χ3v) is 6.44. The van der Waals surface area contributed by atoms with Gasteiger partial charge >= 0.3 is 23.9 Å². The molecule has 0 aliphatic carbocycles. The van der Waals surface area contributed by atoms with Crippen molar-refractivity contribution in [2.45, 2.75) is 79.4 Å². The average molecular weight is 580 g/mol. The summed E-state index contributed by atoms with van der Waals surface area (Å²) in [5.74, 6) is -3.83. The first kappa shape index (κ1) is 34.0. The van der Waals surface area contributed by atoms with E-state index in [4.69, 9.17) is 24.2 Å². The van der Waals surface area contributed by atoms with E-state index >= 15 is 0 Å². The molecule has 0 aliphatic rings. The predicted molar refractivity (Wildman–Crippen MR) is 156 cm³/mol. The molecule has 3 unspecified atom stereocenters. The fourth-order valence-corrected chi connectivity index (χ4v) is 4.13. The molecule has 9 nitrogen and oxygen atoms in total. The maximum Gasteiger partial charge on any atom is 0.311 e. The van der Waals surface area contributed by atoms with E-state index in [2.05, 4.69) is 6.07 Å². The second-order valence-electron chi connectivity index (χ2n) is 10.8. The lowest BCUT2D eigenvalue weighted by Crippen LogP contribution is -2.35. The highest BCUT2D eigenvalue weighted by molar-refractivity contribution is 5.83. The molecule has 42 heavy (non-hydrogen) atoms. The van der Waals surface area contributed by atoms with Crippen LogP contribution in [-0.2, 0) is 33.4 Å². The van der Waals surface area contributed by atoms with Crippen LogP contribution in [0.5, 0.6) is 5.75 Å². The summed E-state index contributed by atoms with van der Waals surface area (Å²) in [6, 6.07) is 16.4. The van der Waals surface area contributed by atoms with Crippen LogP contribution in [0.4, 0.5) is 0 Å². The molecular weight excluding hydrogens is 538 g/mol. The molecule has 0 aliphatic heterocycles. The van der Waals surface area contributed by atoms with Gasteiger partial charge < -0.3 is 18.9 Å². The molecule has 0 N–H and O–H groups in total. The van der Waals surface area contributed by atoms with Gasteiger partial charge in [-0.2, -0.15) is 5.26 Å². The quantitative estimate of drug-likeness (QED) is 0.108. The summed E-state index contributed by atoms with van der Waals surface area (Å²) in [5.41, 5.74) is 2.47. The van der Waals surface area contributed by atoms with E-state index in [1.807, 2.05) is 24.3 Å². The average Bonchev–Trinajstić information content (AvgIpc) is 2.94. The van der Waals surface area contributed by atoms with Gasteiger partial charge in [0.25, 0.3) is 0 Å². The van der Waals surface area contributed by atoms with Gasteiger partial charge in [-0.25, -0.2) is 0 Å². The zero-order valence-corrected chi connectivity index (χ0v) is 25.3. The number of nitriles is 1. The zero-order valence-electron chi connectivity index (χ0n) is 25.3. The van der Waals surface area contributed by atoms with E-state index < -0.39 is 41.6 Å². The highest BCUT2D eigenvalue weighted by atomic mass is 16.6. The fraction of sp³-hybridized carbons (Fsp3) is 0.485. The molecule has 9 heteroatoms. The van der Waals surface area contributed by atoms with Crippen LogP contribution in [0.25, 0.3) is 11.1 Å². The van der Waals surface area contributed by atoms with E-state index in [-0.39, 0.29) is 31.7 Å². The van der Waals surface area contributed by atoms with Crippen molar-refractivity contribution < 1.29 is 38.1 Å². The minimum Gasteiger partial charge on any atom is -0.465 e. The van der Waals surface area contributed by atoms with Crippen molar-refractivity contribution >= 4 is 23.9 Å². The number of rotatable bonds is 15. The Balaban J connectivity index is 1.77. The van der Waals surface area contributed by atoms with E-state index in [0.29, 0.717) is 24.2 Å². The Bertz CT molecular complexity index is 1230. The molecule has 0 heterocycles. The highest BCUT2D eigenvalue weighted by Gasteiger charge is 2.36. The van der Waals surface area contributed by atoms with Crippen molar-refractivity contribution in [3.63, 3.8) is 0 Å². The first-order chi connectivity index (χ1) is 19.9. The number of benzene rings is 2. The van der Waals surface area contributed by atoms with Crippen LogP contribution in [0.3, 0.4) is 0 Å². The van der Waals surface area contributed by atoms with Crippen LogP contribution >= 0.6 is 0 Å². The molecule has 0 saturated heterocycles. The number of hydrogen-bond acceptors (Lipinski definition) is 9. The Hall–Kier alpha value is -4.19. The van der Waals surface area contributed by atoms with Crippen molar-refractivity contribution in [3.8, 4) is 22.9 Å². The Labute approximate surface area is 248 Å². The van der Waals surface area contributed by atoms with Gasteiger partial charge in [0.15, 0.2) is 0 Å². The predicted octanol–water partition coefficient (Wildman–Crippen LogP) is 6.03. The lowest BCUT2D eigenvalue weighted by Gasteiger charge is -2.25. The molecule has 0 radical (unpaired) electrons. The summed E-state index contributed by atoms with van der Waals surface area (Å²) in [6.45, 7) is 10.2. The van der Waals surface area contributed by atoms with Gasteiger partial charge in [-0.05, 0) is 82.3 Å². The van der Waals surface area contributed by atoms with Crippen LogP contribution in [0, 0.1) is 29.1 Å². The summed E-state index contributed by atoms with van der Waals surface area (Å²) in [4.78, 5) is 50.0. The van der Waals surface area contributed by atoms with Gasteiger partial charge in [0.05, 0.1) is 48.2 Å². The van der Waals surface area contributed by atoms with Gasteiger partial charge in [-0.1, -0.05) is 38.1 Å². The van der Waals surface area contributed by atoms with Gasteiger partial charge in [-0.15, -0.1) is 0 Å². The first-order valence-electron chi connectivity index (χ1n) is 14.3. The van der Waals surface area contributed by atoms with Crippen LogP contribution in [0.1, 0.15) is 72.8 Å². The zero-order chi connectivity index (χ0) is 31.2. The smallest absolute Gasteiger partial charge is 0.311 e. The van der Waals surface area contributed by atoms with Crippen molar-refractivity contribution in [3.05, 3.63) is 54.1 Å². The van der Waals surface area contributed by atoms with Crippen LogP contribution in [0.15, 0.2) is 48.5 Å². The summed E-state index contributed by atoms with van der Waals surface area (Å²) < 4.78 is 21.3. The number of carbonyl (C=O) groups is 4. The molecule has 2 rings (SSSR count).